The predicted octanol–water partition coefficient (Wildman–Crippen LogP) is 2.01. The smallest absolute Gasteiger partial charge is 0.253 e. The number of amides is 3. The third kappa shape index (κ3) is 2.90. The molecule has 3 aliphatic rings. The number of fused-ring (bicyclic) bond motifs is 1. The second-order valence-electron chi connectivity index (χ2n) is 7.58. The van der Waals surface area contributed by atoms with E-state index < -0.39 is 0 Å². The Hall–Kier alpha value is -2.37. The fourth-order valence-corrected chi connectivity index (χ4v) is 3.61. The quantitative estimate of drug-likeness (QED) is 0.883. The lowest BCUT2D eigenvalue weighted by Crippen LogP contribution is -2.37. The summed E-state index contributed by atoms with van der Waals surface area (Å²) in [6, 6.07) is 5.24. The first kappa shape index (κ1) is 16.1. The molecule has 132 valence electrons. The van der Waals surface area contributed by atoms with Crippen molar-refractivity contribution in [2.24, 2.45) is 23.7 Å². The Morgan fingerprint density at radius 2 is 1.84 bits per heavy atom. The average Bonchev–Trinajstić information content (AvgIpc) is 3.48. The molecule has 1 aromatic carbocycles. The summed E-state index contributed by atoms with van der Waals surface area (Å²) in [6.07, 6.45) is 1.78. The Morgan fingerprint density at radius 3 is 2.48 bits per heavy atom. The molecular formula is C19H23N3O3. The normalized spacial score (nSPS) is 30.0. The van der Waals surface area contributed by atoms with Crippen molar-refractivity contribution in [2.45, 2.75) is 26.7 Å². The third-order valence-electron chi connectivity index (χ3n) is 5.57. The van der Waals surface area contributed by atoms with E-state index in [-0.39, 0.29) is 29.6 Å². The molecule has 6 heteroatoms. The van der Waals surface area contributed by atoms with Crippen LogP contribution in [0, 0.1) is 23.7 Å². The zero-order valence-corrected chi connectivity index (χ0v) is 14.5. The number of rotatable bonds is 3. The topological polar surface area (TPSA) is 78.5 Å². The van der Waals surface area contributed by atoms with E-state index in [1.54, 1.807) is 23.1 Å². The second kappa shape index (κ2) is 5.86. The van der Waals surface area contributed by atoms with Gasteiger partial charge in [0.25, 0.3) is 5.91 Å². The highest BCUT2D eigenvalue weighted by molar-refractivity contribution is 6.12. The van der Waals surface area contributed by atoms with E-state index in [1.165, 1.54) is 0 Å². The summed E-state index contributed by atoms with van der Waals surface area (Å²) >= 11 is 0. The van der Waals surface area contributed by atoms with Gasteiger partial charge >= 0.3 is 0 Å². The number of hydrogen-bond acceptors (Lipinski definition) is 3. The number of carbonyl (C=O) groups excluding carboxylic acids is 3. The lowest BCUT2D eigenvalue weighted by Gasteiger charge is -2.25. The van der Waals surface area contributed by atoms with Crippen molar-refractivity contribution in [3.63, 3.8) is 0 Å². The van der Waals surface area contributed by atoms with Gasteiger partial charge in [-0.25, -0.2) is 0 Å². The molecule has 2 saturated carbocycles. The largest absolute Gasteiger partial charge is 0.350 e. The lowest BCUT2D eigenvalue weighted by atomic mass is 10.1. The van der Waals surface area contributed by atoms with Crippen molar-refractivity contribution in [3.05, 3.63) is 23.8 Å². The molecule has 0 bridgehead atoms. The number of nitrogens with one attached hydrogen (secondary N) is 2. The van der Waals surface area contributed by atoms with Crippen LogP contribution in [0.4, 0.5) is 11.4 Å². The molecule has 0 radical (unpaired) electrons. The van der Waals surface area contributed by atoms with E-state index in [9.17, 15) is 14.4 Å². The molecular weight excluding hydrogens is 318 g/mol. The highest BCUT2D eigenvalue weighted by atomic mass is 16.2. The van der Waals surface area contributed by atoms with Crippen molar-refractivity contribution >= 4 is 29.1 Å². The standard InChI is InChI=1S/C19H23N3O3/c1-10-8-13(10)18(24)21-15-5-3-4-12-16(15)22(7-6-20-17(12)23)19(25)14-9-11(14)2/h3-5,10-11,13-14H,6-9H2,1-2H3,(H,20,23)(H,21,24). The fourth-order valence-electron chi connectivity index (χ4n) is 3.61. The molecule has 0 spiro atoms. The van der Waals surface area contributed by atoms with Gasteiger partial charge in [-0.15, -0.1) is 0 Å². The Balaban J connectivity index is 1.71. The molecule has 1 aliphatic heterocycles. The number of anilines is 2. The molecule has 2 fully saturated rings. The predicted molar refractivity (Wildman–Crippen MR) is 94.3 cm³/mol. The minimum atomic E-state index is -0.204. The number of benzene rings is 1. The molecule has 4 rings (SSSR count). The van der Waals surface area contributed by atoms with Gasteiger partial charge in [0.15, 0.2) is 0 Å². The van der Waals surface area contributed by atoms with Gasteiger partial charge in [-0.05, 0) is 36.8 Å². The molecule has 2 N–H and O–H groups in total. The van der Waals surface area contributed by atoms with E-state index in [0.29, 0.717) is 41.9 Å². The molecule has 6 nitrogen and oxygen atoms in total. The van der Waals surface area contributed by atoms with Gasteiger partial charge in [0, 0.05) is 24.9 Å². The summed E-state index contributed by atoms with van der Waals surface area (Å²) in [5.41, 5.74) is 1.55. The van der Waals surface area contributed by atoms with Gasteiger partial charge in [-0.3, -0.25) is 14.4 Å². The van der Waals surface area contributed by atoms with Crippen LogP contribution in [0.1, 0.15) is 37.0 Å². The number of nitrogens with zero attached hydrogens (tertiary/aromatic N) is 1. The molecule has 3 amide bonds. The maximum absolute atomic E-state index is 12.9. The first-order valence-electron chi connectivity index (χ1n) is 9.01. The lowest BCUT2D eigenvalue weighted by molar-refractivity contribution is -0.120. The van der Waals surface area contributed by atoms with Crippen molar-refractivity contribution < 1.29 is 14.4 Å². The van der Waals surface area contributed by atoms with Crippen LogP contribution in [0.2, 0.25) is 0 Å². The van der Waals surface area contributed by atoms with Gasteiger partial charge in [0.05, 0.1) is 16.9 Å². The summed E-state index contributed by atoms with van der Waals surface area (Å²) < 4.78 is 0. The molecule has 4 atom stereocenters. The molecule has 0 saturated heterocycles. The molecule has 25 heavy (non-hydrogen) atoms. The van der Waals surface area contributed by atoms with Crippen LogP contribution in [0.25, 0.3) is 0 Å². The van der Waals surface area contributed by atoms with Crippen LogP contribution in [0.5, 0.6) is 0 Å². The van der Waals surface area contributed by atoms with E-state index in [0.717, 1.165) is 12.8 Å². The highest BCUT2D eigenvalue weighted by Gasteiger charge is 2.44. The summed E-state index contributed by atoms with van der Waals surface area (Å²) in [6.45, 7) is 4.95. The van der Waals surface area contributed by atoms with Gasteiger partial charge < -0.3 is 15.5 Å². The van der Waals surface area contributed by atoms with Crippen molar-refractivity contribution in [1.82, 2.24) is 5.32 Å². The zero-order valence-electron chi connectivity index (χ0n) is 14.5. The highest BCUT2D eigenvalue weighted by Crippen LogP contribution is 2.43. The second-order valence-corrected chi connectivity index (χ2v) is 7.58. The summed E-state index contributed by atoms with van der Waals surface area (Å²) in [5.74, 6) is 0.651. The van der Waals surface area contributed by atoms with Gasteiger partial charge in [0.1, 0.15) is 0 Å². The maximum atomic E-state index is 12.9. The van der Waals surface area contributed by atoms with Crippen molar-refractivity contribution in [2.75, 3.05) is 23.3 Å². The Morgan fingerprint density at radius 1 is 1.16 bits per heavy atom. The fraction of sp³-hybridized carbons (Fsp3) is 0.526. The summed E-state index contributed by atoms with van der Waals surface area (Å²) in [4.78, 5) is 39.4. The Bertz CT molecular complexity index is 760. The monoisotopic (exact) mass is 341 g/mol. The Labute approximate surface area is 147 Å². The molecule has 4 unspecified atom stereocenters. The number of carbonyl (C=O) groups is 3. The van der Waals surface area contributed by atoms with Gasteiger partial charge in [0.2, 0.25) is 11.8 Å². The summed E-state index contributed by atoms with van der Waals surface area (Å²) in [5, 5.41) is 5.79. The third-order valence-corrected chi connectivity index (χ3v) is 5.57. The van der Waals surface area contributed by atoms with Crippen LogP contribution < -0.4 is 15.5 Å². The van der Waals surface area contributed by atoms with Crippen LogP contribution in [-0.4, -0.2) is 30.8 Å². The van der Waals surface area contributed by atoms with E-state index in [2.05, 4.69) is 17.6 Å². The number of para-hydroxylation sites is 1. The first-order chi connectivity index (χ1) is 12.0. The Kier molecular flexibility index (Phi) is 3.78. The number of hydrogen-bond donors (Lipinski definition) is 2. The van der Waals surface area contributed by atoms with E-state index in [1.807, 2.05) is 6.92 Å². The van der Waals surface area contributed by atoms with E-state index >= 15 is 0 Å². The molecule has 2 aliphatic carbocycles. The van der Waals surface area contributed by atoms with Crippen LogP contribution in [-0.2, 0) is 9.59 Å². The molecule has 1 heterocycles. The minimum absolute atomic E-state index is 0.0215. The summed E-state index contributed by atoms with van der Waals surface area (Å²) in [7, 11) is 0. The van der Waals surface area contributed by atoms with Crippen LogP contribution in [0.3, 0.4) is 0 Å². The van der Waals surface area contributed by atoms with Gasteiger partial charge in [-0.2, -0.15) is 0 Å². The minimum Gasteiger partial charge on any atom is -0.350 e. The average molecular weight is 341 g/mol. The van der Waals surface area contributed by atoms with Crippen molar-refractivity contribution in [3.8, 4) is 0 Å². The molecule has 0 aromatic heterocycles. The van der Waals surface area contributed by atoms with Crippen LogP contribution >= 0.6 is 0 Å². The first-order valence-corrected chi connectivity index (χ1v) is 9.01. The SMILES string of the molecule is CC1CC1C(=O)Nc1cccc2c1N(C(=O)C1CC1C)CCNC2=O. The van der Waals surface area contributed by atoms with Crippen LogP contribution in [0.15, 0.2) is 18.2 Å². The van der Waals surface area contributed by atoms with Gasteiger partial charge in [-0.1, -0.05) is 19.9 Å². The maximum Gasteiger partial charge on any atom is 0.253 e. The van der Waals surface area contributed by atoms with E-state index in [4.69, 9.17) is 0 Å². The zero-order chi connectivity index (χ0) is 17.7. The molecule has 1 aromatic rings. The van der Waals surface area contributed by atoms with Crippen molar-refractivity contribution in [1.29, 1.82) is 0 Å².